The number of hydrogen-bond donors (Lipinski definition) is 4. The van der Waals surface area contributed by atoms with Gasteiger partial charge in [0.1, 0.15) is 17.9 Å². The average molecular weight is 601 g/mol. The summed E-state index contributed by atoms with van der Waals surface area (Å²) < 4.78 is 45.4. The Morgan fingerprint density at radius 1 is 0.775 bits per heavy atom. The highest BCUT2D eigenvalue weighted by atomic mass is 31.2. The van der Waals surface area contributed by atoms with Crippen molar-refractivity contribution >= 4 is 32.7 Å². The average Bonchev–Trinajstić information content (AvgIpc) is 2.95. The summed E-state index contributed by atoms with van der Waals surface area (Å²) in [6, 6.07) is 11.9. The molecular weight excluding hydrogens is 562 g/mol. The van der Waals surface area contributed by atoms with Crippen molar-refractivity contribution in [3.05, 3.63) is 53.6 Å². The van der Waals surface area contributed by atoms with Crippen LogP contribution in [0.2, 0.25) is 0 Å². The highest BCUT2D eigenvalue weighted by molar-refractivity contribution is 7.72. The van der Waals surface area contributed by atoms with Gasteiger partial charge in [0.15, 0.2) is 0 Å². The lowest BCUT2D eigenvalue weighted by Crippen LogP contribution is -2.38. The van der Waals surface area contributed by atoms with Crippen molar-refractivity contribution in [1.82, 2.24) is 5.32 Å². The molecule has 4 N–H and O–H groups in total. The second-order valence-corrected chi connectivity index (χ2v) is 13.9. The van der Waals surface area contributed by atoms with Crippen LogP contribution in [0.1, 0.15) is 56.1 Å². The van der Waals surface area contributed by atoms with E-state index in [1.807, 2.05) is 19.1 Å². The Balaban J connectivity index is 2.25. The number of carbonyl (C=O) groups excluding carboxylic acids is 2. The standard InChI is InChI=1S/C26H38N2O10P2/c1-7-20(17-9-12-19(29)13-10-17)21(8-2)18-11-14-23(30)22(15-18)27-24(31)16-25(32)28-26(39(33,35-3)36-4)40(34,37-5)38-6/h9-15,20-21,26,29-30H,7-8,16H2,1-6H3,(H,27,31)(H,28,32). The molecule has 2 aromatic rings. The van der Waals surface area contributed by atoms with Crippen molar-refractivity contribution < 1.29 is 47.0 Å². The highest BCUT2D eigenvalue weighted by Crippen LogP contribution is 2.68. The van der Waals surface area contributed by atoms with Crippen LogP contribution in [0.25, 0.3) is 0 Å². The summed E-state index contributed by atoms with van der Waals surface area (Å²) in [7, 11) is -4.27. The number of phenolic OH excluding ortho intramolecular Hbond substituents is 2. The first-order valence-corrected chi connectivity index (χ1v) is 15.8. The Labute approximate surface area is 234 Å². The number of phenols is 2. The molecule has 0 aliphatic carbocycles. The van der Waals surface area contributed by atoms with E-state index in [1.165, 1.54) is 6.07 Å². The molecule has 2 amide bonds. The predicted molar refractivity (Wildman–Crippen MR) is 151 cm³/mol. The molecule has 2 unspecified atom stereocenters. The third-order valence-electron chi connectivity index (χ3n) is 6.64. The maximum Gasteiger partial charge on any atom is 0.364 e. The first kappa shape index (κ1) is 33.5. The Kier molecular flexibility index (Phi) is 12.4. The van der Waals surface area contributed by atoms with Crippen molar-refractivity contribution in [2.45, 2.75) is 50.5 Å². The van der Waals surface area contributed by atoms with E-state index in [2.05, 4.69) is 17.6 Å². The molecule has 0 aliphatic rings. The molecule has 2 rings (SSSR count). The lowest BCUT2D eigenvalue weighted by atomic mass is 9.78. The van der Waals surface area contributed by atoms with E-state index >= 15 is 0 Å². The van der Waals surface area contributed by atoms with Gasteiger partial charge in [0, 0.05) is 28.4 Å². The van der Waals surface area contributed by atoms with Crippen LogP contribution in [0.3, 0.4) is 0 Å². The molecule has 0 bridgehead atoms. The molecule has 0 radical (unpaired) electrons. The monoisotopic (exact) mass is 600 g/mol. The number of rotatable bonds is 15. The molecule has 40 heavy (non-hydrogen) atoms. The Morgan fingerprint density at radius 3 is 1.73 bits per heavy atom. The number of amides is 2. The van der Waals surface area contributed by atoms with Crippen LogP contribution in [0, 0.1) is 0 Å². The molecule has 0 spiro atoms. The van der Waals surface area contributed by atoms with E-state index in [1.54, 1.807) is 24.3 Å². The number of benzene rings is 2. The van der Waals surface area contributed by atoms with Gasteiger partial charge in [-0.25, -0.2) is 0 Å². The third kappa shape index (κ3) is 7.94. The maximum absolute atomic E-state index is 13.0. The van der Waals surface area contributed by atoms with Crippen LogP contribution in [-0.2, 0) is 36.8 Å². The molecule has 14 heteroatoms. The van der Waals surface area contributed by atoms with E-state index in [9.17, 15) is 28.9 Å². The smallest absolute Gasteiger partial charge is 0.364 e. The van der Waals surface area contributed by atoms with Crippen molar-refractivity contribution in [2.75, 3.05) is 33.8 Å². The van der Waals surface area contributed by atoms with Crippen molar-refractivity contribution in [2.24, 2.45) is 0 Å². The van der Waals surface area contributed by atoms with Crippen LogP contribution >= 0.6 is 15.2 Å². The van der Waals surface area contributed by atoms with Gasteiger partial charge in [0.2, 0.25) is 17.3 Å². The molecule has 222 valence electrons. The summed E-state index contributed by atoms with van der Waals surface area (Å²) in [5.41, 5.74) is 0.177. The summed E-state index contributed by atoms with van der Waals surface area (Å²) in [6.07, 6.45) is 0.801. The first-order valence-electron chi connectivity index (χ1n) is 12.5. The van der Waals surface area contributed by atoms with Crippen LogP contribution in [0.4, 0.5) is 5.69 Å². The van der Waals surface area contributed by atoms with Gasteiger partial charge in [-0.05, 0) is 60.1 Å². The second-order valence-electron chi connectivity index (χ2n) is 8.87. The fourth-order valence-corrected chi connectivity index (χ4v) is 8.74. The number of carbonyl (C=O) groups is 2. The SMILES string of the molecule is CCC(c1ccc(O)cc1)C(CC)c1ccc(O)c(NC(=O)CC(=O)NC(P(=O)(OC)OC)P(=O)(OC)OC)c1. The third-order valence-corrected chi connectivity index (χ3v) is 11.8. The molecule has 0 saturated heterocycles. The summed E-state index contributed by atoms with van der Waals surface area (Å²) in [4.78, 5) is 25.5. The van der Waals surface area contributed by atoms with Gasteiger partial charge in [-0.1, -0.05) is 32.0 Å². The van der Waals surface area contributed by atoms with E-state index in [0.29, 0.717) is 0 Å². The molecular formula is C26H38N2O10P2. The molecule has 0 aromatic heterocycles. The maximum atomic E-state index is 13.0. The zero-order valence-corrected chi connectivity index (χ0v) is 25.2. The normalized spacial score (nSPS) is 13.6. The Morgan fingerprint density at radius 2 is 1.25 bits per heavy atom. The minimum absolute atomic E-state index is 0.0318. The molecule has 12 nitrogen and oxygen atoms in total. The van der Waals surface area contributed by atoms with Crippen molar-refractivity contribution in [1.29, 1.82) is 0 Å². The molecule has 2 atom stereocenters. The van der Waals surface area contributed by atoms with Crippen molar-refractivity contribution in [3.8, 4) is 11.5 Å². The Hall–Kier alpha value is -2.72. The van der Waals surface area contributed by atoms with Gasteiger partial charge >= 0.3 is 15.2 Å². The molecule has 0 saturated carbocycles. The fraction of sp³-hybridized carbons (Fsp3) is 0.462. The summed E-state index contributed by atoms with van der Waals surface area (Å²) >= 11 is 0. The zero-order valence-electron chi connectivity index (χ0n) is 23.4. The van der Waals surface area contributed by atoms with Crippen LogP contribution < -0.4 is 10.6 Å². The van der Waals surface area contributed by atoms with E-state index in [0.717, 1.165) is 52.4 Å². The van der Waals surface area contributed by atoms with Crippen LogP contribution in [0.5, 0.6) is 11.5 Å². The number of aromatic hydroxyl groups is 2. The lowest BCUT2D eigenvalue weighted by molar-refractivity contribution is -0.126. The van der Waals surface area contributed by atoms with E-state index in [4.69, 9.17) is 18.1 Å². The fourth-order valence-electron chi connectivity index (χ4n) is 4.53. The molecule has 0 aliphatic heterocycles. The number of nitrogens with one attached hydrogen (secondary N) is 2. The zero-order chi connectivity index (χ0) is 30.1. The molecule has 2 aromatic carbocycles. The quantitative estimate of drug-likeness (QED) is 0.117. The first-order chi connectivity index (χ1) is 18.9. The minimum Gasteiger partial charge on any atom is -0.508 e. The van der Waals surface area contributed by atoms with Gasteiger partial charge in [0.05, 0.1) is 5.69 Å². The topological polar surface area (TPSA) is 170 Å². The largest absolute Gasteiger partial charge is 0.508 e. The van der Waals surface area contributed by atoms with Gasteiger partial charge < -0.3 is 38.9 Å². The number of hydrogen-bond acceptors (Lipinski definition) is 10. The minimum atomic E-state index is -4.21. The van der Waals surface area contributed by atoms with Crippen LogP contribution in [0.15, 0.2) is 42.5 Å². The number of anilines is 1. The van der Waals surface area contributed by atoms with E-state index in [-0.39, 0.29) is 29.0 Å². The van der Waals surface area contributed by atoms with Gasteiger partial charge in [0.25, 0.3) is 0 Å². The molecule has 0 fully saturated rings. The van der Waals surface area contributed by atoms with Gasteiger partial charge in [-0.3, -0.25) is 18.7 Å². The summed E-state index contributed by atoms with van der Waals surface area (Å²) in [5.74, 6) is -1.64. The summed E-state index contributed by atoms with van der Waals surface area (Å²) in [6.45, 7) is 4.10. The predicted octanol–water partition coefficient (Wildman–Crippen LogP) is 5.49. The van der Waals surface area contributed by atoms with Crippen molar-refractivity contribution in [3.63, 3.8) is 0 Å². The highest BCUT2D eigenvalue weighted by Gasteiger charge is 2.50. The lowest BCUT2D eigenvalue weighted by Gasteiger charge is -2.29. The summed E-state index contributed by atoms with van der Waals surface area (Å²) in [5, 5.41) is 24.8. The Bertz CT molecular complexity index is 1210. The van der Waals surface area contributed by atoms with Gasteiger partial charge in [-0.2, -0.15) is 0 Å². The van der Waals surface area contributed by atoms with E-state index < -0.39 is 39.0 Å². The second kappa shape index (κ2) is 14.8. The molecule has 0 heterocycles. The van der Waals surface area contributed by atoms with Gasteiger partial charge in [-0.15, -0.1) is 0 Å². The van der Waals surface area contributed by atoms with Crippen LogP contribution in [-0.4, -0.2) is 56.0 Å².